The molecule has 1 unspecified atom stereocenters. The van der Waals surface area contributed by atoms with Gasteiger partial charge in [-0.15, -0.1) is 0 Å². The number of rotatable bonds is 8. The van der Waals surface area contributed by atoms with Gasteiger partial charge >= 0.3 is 0 Å². The number of piperazine rings is 1. The van der Waals surface area contributed by atoms with Crippen LogP contribution in [0.4, 0.5) is 17.1 Å². The number of hydrogen-bond acceptors (Lipinski definition) is 8. The van der Waals surface area contributed by atoms with Gasteiger partial charge in [0.05, 0.1) is 18.7 Å². The molecule has 0 saturated carbocycles. The van der Waals surface area contributed by atoms with E-state index in [0.29, 0.717) is 18.9 Å². The number of piperidine rings is 3. The van der Waals surface area contributed by atoms with Crippen LogP contribution < -0.4 is 25.6 Å². The molecule has 4 saturated heterocycles. The smallest absolute Gasteiger partial charge is 0.234 e. The van der Waals surface area contributed by atoms with E-state index >= 15 is 0 Å². The highest BCUT2D eigenvalue weighted by Gasteiger charge is 2.31. The first-order chi connectivity index (χ1) is 21.4. The molecule has 1 atom stereocenters. The standard InChI is InChI=1S/C35H50N6O3/c1-3-26-22-31(36)33(44-2)23-32(26)41-15-11-28(12-16-41)40-19-17-38(18-20-40)24-25-9-13-39(14-10-25)29-6-4-5-27(21-29)30-7-8-34(42)37-35(30)43/h4-6,21-23,25,28,30H,3,7-20,24,36H2,1-2H3,(H,37,42,43). The summed E-state index contributed by atoms with van der Waals surface area (Å²) in [5.41, 5.74) is 11.7. The highest BCUT2D eigenvalue weighted by molar-refractivity contribution is 6.01. The van der Waals surface area contributed by atoms with Gasteiger partial charge in [-0.3, -0.25) is 19.8 Å². The number of amides is 2. The van der Waals surface area contributed by atoms with Crippen LogP contribution in [0.3, 0.4) is 0 Å². The predicted molar refractivity (Wildman–Crippen MR) is 177 cm³/mol. The number of carbonyl (C=O) groups is 2. The van der Waals surface area contributed by atoms with Crippen molar-refractivity contribution in [3.63, 3.8) is 0 Å². The van der Waals surface area contributed by atoms with Gasteiger partial charge in [0.1, 0.15) is 5.75 Å². The number of benzene rings is 2. The van der Waals surface area contributed by atoms with E-state index < -0.39 is 0 Å². The average Bonchev–Trinajstić information content (AvgIpc) is 3.05. The number of hydrogen-bond donors (Lipinski definition) is 2. The van der Waals surface area contributed by atoms with Crippen molar-refractivity contribution < 1.29 is 14.3 Å². The summed E-state index contributed by atoms with van der Waals surface area (Å²) in [7, 11) is 1.70. The number of nitrogens with two attached hydrogens (primary N) is 1. The minimum atomic E-state index is -0.224. The largest absolute Gasteiger partial charge is 0.495 e. The summed E-state index contributed by atoms with van der Waals surface area (Å²) in [5.74, 6) is 0.975. The fourth-order valence-electron chi connectivity index (χ4n) is 7.86. The van der Waals surface area contributed by atoms with E-state index in [0.717, 1.165) is 55.5 Å². The third-order valence-corrected chi connectivity index (χ3v) is 10.5. The van der Waals surface area contributed by atoms with Crippen molar-refractivity contribution in [2.45, 2.75) is 63.8 Å². The Morgan fingerprint density at radius 2 is 1.61 bits per heavy atom. The molecule has 0 bridgehead atoms. The maximum absolute atomic E-state index is 12.4. The van der Waals surface area contributed by atoms with Crippen LogP contribution in [0.1, 0.15) is 62.5 Å². The fourth-order valence-corrected chi connectivity index (χ4v) is 7.86. The zero-order valence-electron chi connectivity index (χ0n) is 26.6. The summed E-state index contributed by atoms with van der Waals surface area (Å²) in [5, 5.41) is 2.50. The van der Waals surface area contributed by atoms with Crippen molar-refractivity contribution in [1.29, 1.82) is 0 Å². The fraction of sp³-hybridized carbons (Fsp3) is 0.600. The molecular weight excluding hydrogens is 552 g/mol. The number of nitrogens with zero attached hydrogens (tertiary/aromatic N) is 4. The van der Waals surface area contributed by atoms with E-state index in [1.54, 1.807) is 7.11 Å². The topological polar surface area (TPSA) is 94.4 Å². The van der Waals surface area contributed by atoms with Crippen molar-refractivity contribution >= 4 is 28.9 Å². The van der Waals surface area contributed by atoms with Gasteiger partial charge in [0.2, 0.25) is 11.8 Å². The first kappa shape index (κ1) is 30.7. The Balaban J connectivity index is 0.936. The zero-order valence-corrected chi connectivity index (χ0v) is 26.6. The van der Waals surface area contributed by atoms with E-state index in [-0.39, 0.29) is 17.7 Å². The molecule has 0 aliphatic carbocycles. The lowest BCUT2D eigenvalue weighted by Gasteiger charge is -2.44. The molecule has 44 heavy (non-hydrogen) atoms. The first-order valence-electron chi connectivity index (χ1n) is 16.8. The summed E-state index contributed by atoms with van der Waals surface area (Å²) in [6, 6.07) is 13.3. The summed E-state index contributed by atoms with van der Waals surface area (Å²) in [4.78, 5) is 34.4. The molecule has 4 aliphatic heterocycles. The minimum Gasteiger partial charge on any atom is -0.495 e. The normalized spacial score (nSPS) is 23.2. The monoisotopic (exact) mass is 602 g/mol. The average molecular weight is 603 g/mol. The van der Waals surface area contributed by atoms with Crippen LogP contribution >= 0.6 is 0 Å². The molecule has 2 aromatic carbocycles. The second-order valence-electron chi connectivity index (χ2n) is 13.2. The van der Waals surface area contributed by atoms with Crippen molar-refractivity contribution in [2.75, 3.05) is 81.5 Å². The maximum atomic E-state index is 12.4. The van der Waals surface area contributed by atoms with E-state index in [4.69, 9.17) is 10.5 Å². The molecule has 4 heterocycles. The lowest BCUT2D eigenvalue weighted by atomic mass is 9.90. The Hall–Kier alpha value is -3.30. The molecular formula is C35H50N6O3. The lowest BCUT2D eigenvalue weighted by Crippen LogP contribution is -2.54. The van der Waals surface area contributed by atoms with Crippen LogP contribution in [0.5, 0.6) is 5.75 Å². The summed E-state index contributed by atoms with van der Waals surface area (Å²) in [6.45, 7) is 12.4. The van der Waals surface area contributed by atoms with Crippen LogP contribution in [0.15, 0.2) is 36.4 Å². The highest BCUT2D eigenvalue weighted by Crippen LogP contribution is 2.35. The number of nitrogen functional groups attached to an aromatic ring is 1. The van der Waals surface area contributed by atoms with Crippen molar-refractivity contribution in [3.8, 4) is 5.75 Å². The summed E-state index contributed by atoms with van der Waals surface area (Å²) in [6.07, 6.45) is 6.82. The Morgan fingerprint density at radius 1 is 0.886 bits per heavy atom. The van der Waals surface area contributed by atoms with Crippen LogP contribution in [-0.2, 0) is 16.0 Å². The Bertz CT molecular complexity index is 1310. The molecule has 0 spiro atoms. The van der Waals surface area contributed by atoms with Gasteiger partial charge in [0, 0.05) is 88.8 Å². The minimum absolute atomic E-state index is 0.159. The number of carbonyl (C=O) groups excluding carboxylic acids is 2. The van der Waals surface area contributed by atoms with Crippen LogP contribution in [0.25, 0.3) is 0 Å². The van der Waals surface area contributed by atoms with Crippen molar-refractivity contribution in [1.82, 2.24) is 15.1 Å². The highest BCUT2D eigenvalue weighted by atomic mass is 16.5. The van der Waals surface area contributed by atoms with E-state index in [2.05, 4.69) is 62.2 Å². The second kappa shape index (κ2) is 13.8. The quantitative estimate of drug-likeness (QED) is 0.348. The van der Waals surface area contributed by atoms with Crippen LogP contribution in [0.2, 0.25) is 0 Å². The molecule has 0 aromatic heterocycles. The molecule has 3 N–H and O–H groups in total. The van der Waals surface area contributed by atoms with Gasteiger partial charge in [-0.2, -0.15) is 0 Å². The van der Waals surface area contributed by atoms with Gasteiger partial charge in [0.25, 0.3) is 0 Å². The maximum Gasteiger partial charge on any atom is 0.234 e. The Labute approximate surface area is 262 Å². The van der Waals surface area contributed by atoms with Gasteiger partial charge < -0.3 is 25.2 Å². The number of ether oxygens (including phenoxy) is 1. The number of imide groups is 1. The molecule has 2 amide bonds. The second-order valence-corrected chi connectivity index (χ2v) is 13.2. The van der Waals surface area contributed by atoms with Gasteiger partial charge in [0.15, 0.2) is 0 Å². The third kappa shape index (κ3) is 6.84. The zero-order chi connectivity index (χ0) is 30.6. The number of anilines is 3. The van der Waals surface area contributed by atoms with Gasteiger partial charge in [-0.1, -0.05) is 19.1 Å². The first-order valence-corrected chi connectivity index (χ1v) is 16.8. The van der Waals surface area contributed by atoms with Crippen LogP contribution in [-0.4, -0.2) is 93.7 Å². The lowest BCUT2D eigenvalue weighted by molar-refractivity contribution is -0.134. The van der Waals surface area contributed by atoms with Crippen LogP contribution in [0, 0.1) is 5.92 Å². The van der Waals surface area contributed by atoms with Crippen molar-refractivity contribution in [3.05, 3.63) is 47.5 Å². The number of aryl methyl sites for hydroxylation is 1. The molecule has 9 nitrogen and oxygen atoms in total. The van der Waals surface area contributed by atoms with E-state index in [1.807, 2.05) is 6.07 Å². The molecule has 9 heteroatoms. The van der Waals surface area contributed by atoms with E-state index in [1.165, 1.54) is 75.3 Å². The summed E-state index contributed by atoms with van der Waals surface area (Å²) < 4.78 is 5.53. The third-order valence-electron chi connectivity index (χ3n) is 10.5. The predicted octanol–water partition coefficient (Wildman–Crippen LogP) is 3.86. The van der Waals surface area contributed by atoms with Crippen molar-refractivity contribution in [2.24, 2.45) is 5.92 Å². The number of methoxy groups -OCH3 is 1. The van der Waals surface area contributed by atoms with E-state index in [9.17, 15) is 9.59 Å². The molecule has 2 aromatic rings. The molecule has 4 fully saturated rings. The molecule has 0 radical (unpaired) electrons. The van der Waals surface area contributed by atoms with Gasteiger partial charge in [-0.25, -0.2) is 0 Å². The molecule has 6 rings (SSSR count). The Kier molecular flexibility index (Phi) is 9.62. The van der Waals surface area contributed by atoms with Gasteiger partial charge in [-0.05, 0) is 73.8 Å². The summed E-state index contributed by atoms with van der Waals surface area (Å²) >= 11 is 0. The number of nitrogens with one attached hydrogen (secondary N) is 1. The molecule has 4 aliphatic rings. The Morgan fingerprint density at radius 3 is 2.30 bits per heavy atom. The molecule has 238 valence electrons. The SMILES string of the molecule is CCc1cc(N)c(OC)cc1N1CCC(N2CCN(CC3CCN(c4cccc(C5CCC(=O)NC5=O)c4)CC3)CC2)CC1.